The summed E-state index contributed by atoms with van der Waals surface area (Å²) in [7, 11) is 0. The van der Waals surface area contributed by atoms with E-state index in [4.69, 9.17) is 9.47 Å². The van der Waals surface area contributed by atoms with Crippen molar-refractivity contribution in [1.29, 1.82) is 0 Å². The van der Waals surface area contributed by atoms with Gasteiger partial charge in [0.1, 0.15) is 6.10 Å². The van der Waals surface area contributed by atoms with Crippen molar-refractivity contribution in [2.24, 2.45) is 17.8 Å². The van der Waals surface area contributed by atoms with Crippen LogP contribution in [0.4, 0.5) is 0 Å². The second-order valence-corrected chi connectivity index (χ2v) is 4.70. The molecule has 1 unspecified atom stereocenters. The summed E-state index contributed by atoms with van der Waals surface area (Å²) in [6.07, 6.45) is 1.57. The second-order valence-electron chi connectivity index (χ2n) is 4.70. The van der Waals surface area contributed by atoms with Crippen LogP contribution in [-0.2, 0) is 14.3 Å². The highest BCUT2D eigenvalue weighted by molar-refractivity contribution is 5.80. The molecule has 3 aliphatic rings. The van der Waals surface area contributed by atoms with Crippen LogP contribution in [0.1, 0.15) is 20.3 Å². The molecule has 2 saturated heterocycles. The molecule has 3 heteroatoms. The average Bonchev–Trinajstić information content (AvgIpc) is 2.67. The Balaban J connectivity index is 1.78. The standard InChI is InChI=1S/C10H14O3/c1-4(2)5-3-6-7-8(9(7)12-5)10(11)13-6/h4-9H,3H2,1-2H3/t5-,6-,7+,8?,9+/m0/s1. The van der Waals surface area contributed by atoms with Crippen molar-refractivity contribution in [2.75, 3.05) is 0 Å². The number of rotatable bonds is 1. The first-order valence-corrected chi connectivity index (χ1v) is 5.04. The molecular weight excluding hydrogens is 168 g/mol. The zero-order chi connectivity index (χ0) is 9.16. The number of hydrogen-bond donors (Lipinski definition) is 0. The summed E-state index contributed by atoms with van der Waals surface area (Å²) < 4.78 is 11.1. The van der Waals surface area contributed by atoms with Gasteiger partial charge < -0.3 is 9.47 Å². The molecule has 1 saturated carbocycles. The summed E-state index contributed by atoms with van der Waals surface area (Å²) in [5, 5.41) is 0. The van der Waals surface area contributed by atoms with E-state index >= 15 is 0 Å². The van der Waals surface area contributed by atoms with Gasteiger partial charge in [-0.3, -0.25) is 4.79 Å². The Kier molecular flexibility index (Phi) is 1.36. The summed E-state index contributed by atoms with van der Waals surface area (Å²) in [6.45, 7) is 4.31. The first-order valence-electron chi connectivity index (χ1n) is 5.04. The van der Waals surface area contributed by atoms with Crippen molar-refractivity contribution in [3.63, 3.8) is 0 Å². The highest BCUT2D eigenvalue weighted by Gasteiger charge is 2.69. The first kappa shape index (κ1) is 7.80. The molecule has 13 heavy (non-hydrogen) atoms. The van der Waals surface area contributed by atoms with Crippen molar-refractivity contribution < 1.29 is 14.3 Å². The van der Waals surface area contributed by atoms with Gasteiger partial charge in [0.05, 0.1) is 18.1 Å². The molecule has 3 fully saturated rings. The number of esters is 1. The SMILES string of the molecule is CC(C)[C@@H]1C[C@@H]2OC(=O)C3[C@@H]2[C@H]3O1. The van der Waals surface area contributed by atoms with Gasteiger partial charge in [0.25, 0.3) is 0 Å². The predicted octanol–water partition coefficient (Wildman–Crippen LogP) is 0.971. The van der Waals surface area contributed by atoms with Crippen LogP contribution < -0.4 is 0 Å². The Hall–Kier alpha value is -0.570. The minimum absolute atomic E-state index is 0.0257. The molecule has 0 aromatic heterocycles. The summed E-state index contributed by atoms with van der Waals surface area (Å²) in [4.78, 5) is 11.2. The van der Waals surface area contributed by atoms with Crippen LogP contribution in [-0.4, -0.2) is 24.3 Å². The van der Waals surface area contributed by atoms with E-state index in [0.717, 1.165) is 6.42 Å². The first-order chi connectivity index (χ1) is 6.18. The van der Waals surface area contributed by atoms with Gasteiger partial charge in [-0.05, 0) is 5.92 Å². The van der Waals surface area contributed by atoms with Crippen LogP contribution in [0.3, 0.4) is 0 Å². The molecule has 0 spiro atoms. The minimum Gasteiger partial charge on any atom is -0.462 e. The predicted molar refractivity (Wildman–Crippen MR) is 45.0 cm³/mol. The lowest BCUT2D eigenvalue weighted by Gasteiger charge is -2.30. The number of ether oxygens (including phenoxy) is 2. The lowest BCUT2D eigenvalue weighted by Crippen LogP contribution is -2.36. The van der Waals surface area contributed by atoms with Gasteiger partial charge in [-0.15, -0.1) is 0 Å². The topological polar surface area (TPSA) is 35.5 Å². The summed E-state index contributed by atoms with van der Waals surface area (Å²) in [6, 6.07) is 0. The molecule has 2 aliphatic heterocycles. The maximum atomic E-state index is 11.2. The van der Waals surface area contributed by atoms with Gasteiger partial charge in [0.2, 0.25) is 0 Å². The van der Waals surface area contributed by atoms with Crippen molar-refractivity contribution >= 4 is 5.97 Å². The zero-order valence-corrected chi connectivity index (χ0v) is 7.90. The van der Waals surface area contributed by atoms with Crippen molar-refractivity contribution in [2.45, 2.75) is 38.6 Å². The number of fused-ring (bicyclic) bond motifs is 1. The molecule has 72 valence electrons. The Labute approximate surface area is 77.4 Å². The zero-order valence-electron chi connectivity index (χ0n) is 7.90. The van der Waals surface area contributed by atoms with Crippen LogP contribution in [0.25, 0.3) is 0 Å². The molecule has 5 atom stereocenters. The molecule has 1 aliphatic carbocycles. The van der Waals surface area contributed by atoms with E-state index in [1.807, 2.05) is 0 Å². The molecule has 2 heterocycles. The van der Waals surface area contributed by atoms with Crippen LogP contribution in [0.2, 0.25) is 0 Å². The van der Waals surface area contributed by atoms with Crippen LogP contribution in [0.5, 0.6) is 0 Å². The largest absolute Gasteiger partial charge is 0.462 e. The molecule has 0 amide bonds. The molecular formula is C10H14O3. The fourth-order valence-electron chi connectivity index (χ4n) is 2.64. The number of carbonyl (C=O) groups is 1. The van der Waals surface area contributed by atoms with Gasteiger partial charge in [0.15, 0.2) is 0 Å². The Bertz CT molecular complexity index is 261. The van der Waals surface area contributed by atoms with E-state index in [1.165, 1.54) is 0 Å². The van der Waals surface area contributed by atoms with E-state index in [2.05, 4.69) is 13.8 Å². The minimum atomic E-state index is -0.0257. The number of hydrogen-bond acceptors (Lipinski definition) is 3. The Morgan fingerprint density at radius 3 is 2.85 bits per heavy atom. The van der Waals surface area contributed by atoms with E-state index < -0.39 is 0 Å². The van der Waals surface area contributed by atoms with E-state index in [-0.39, 0.29) is 24.1 Å². The Morgan fingerprint density at radius 1 is 1.46 bits per heavy atom. The molecule has 0 radical (unpaired) electrons. The summed E-state index contributed by atoms with van der Waals surface area (Å²) in [5.41, 5.74) is 0. The molecule has 0 aromatic rings. The van der Waals surface area contributed by atoms with Crippen LogP contribution >= 0.6 is 0 Å². The van der Waals surface area contributed by atoms with Crippen molar-refractivity contribution in [1.82, 2.24) is 0 Å². The average molecular weight is 182 g/mol. The van der Waals surface area contributed by atoms with Crippen molar-refractivity contribution in [3.8, 4) is 0 Å². The third-order valence-electron chi connectivity index (χ3n) is 3.52. The van der Waals surface area contributed by atoms with Gasteiger partial charge in [-0.1, -0.05) is 13.8 Å². The molecule has 0 N–H and O–H groups in total. The van der Waals surface area contributed by atoms with E-state index in [9.17, 15) is 4.79 Å². The van der Waals surface area contributed by atoms with Crippen molar-refractivity contribution in [3.05, 3.63) is 0 Å². The molecule has 3 rings (SSSR count). The van der Waals surface area contributed by atoms with Crippen LogP contribution in [0, 0.1) is 17.8 Å². The molecule has 0 aromatic carbocycles. The summed E-state index contributed by atoms with van der Waals surface area (Å²) in [5.74, 6) is 1.000. The normalized spacial score (nSPS) is 51.9. The third-order valence-corrected chi connectivity index (χ3v) is 3.52. The van der Waals surface area contributed by atoms with E-state index in [0.29, 0.717) is 17.9 Å². The fraction of sp³-hybridized carbons (Fsp3) is 0.900. The lowest BCUT2D eigenvalue weighted by molar-refractivity contribution is -0.160. The maximum Gasteiger partial charge on any atom is 0.312 e. The molecule has 0 bridgehead atoms. The lowest BCUT2D eigenvalue weighted by atomic mass is 9.97. The monoisotopic (exact) mass is 182 g/mol. The Morgan fingerprint density at radius 2 is 2.23 bits per heavy atom. The van der Waals surface area contributed by atoms with Gasteiger partial charge in [0, 0.05) is 12.3 Å². The maximum absolute atomic E-state index is 11.2. The molecule has 3 nitrogen and oxygen atoms in total. The highest BCUT2D eigenvalue weighted by atomic mass is 16.6. The fourth-order valence-corrected chi connectivity index (χ4v) is 2.64. The van der Waals surface area contributed by atoms with Gasteiger partial charge in [-0.2, -0.15) is 0 Å². The van der Waals surface area contributed by atoms with Crippen LogP contribution in [0.15, 0.2) is 0 Å². The van der Waals surface area contributed by atoms with Gasteiger partial charge >= 0.3 is 5.97 Å². The number of carbonyl (C=O) groups excluding carboxylic acids is 1. The summed E-state index contributed by atoms with van der Waals surface area (Å²) >= 11 is 0. The quantitative estimate of drug-likeness (QED) is 0.567. The van der Waals surface area contributed by atoms with E-state index in [1.54, 1.807) is 0 Å². The van der Waals surface area contributed by atoms with Gasteiger partial charge in [-0.25, -0.2) is 0 Å². The third kappa shape index (κ3) is 0.909. The smallest absolute Gasteiger partial charge is 0.312 e. The highest BCUT2D eigenvalue weighted by Crippen LogP contribution is 2.56. The second kappa shape index (κ2) is 2.27.